The summed E-state index contributed by atoms with van der Waals surface area (Å²) in [4.78, 5) is 0. The van der Waals surface area contributed by atoms with Crippen LogP contribution in [0.1, 0.15) is 37.3 Å². The molecular weight excluding hydrogens is 426 g/mol. The molecule has 2 aromatic carbocycles. The van der Waals surface area contributed by atoms with Gasteiger partial charge in [-0.15, -0.1) is 0 Å². The average molecular weight is 461 g/mol. The summed E-state index contributed by atoms with van der Waals surface area (Å²) in [6, 6.07) is 20.9. The zero-order chi connectivity index (χ0) is 24.5. The van der Waals surface area contributed by atoms with E-state index in [-0.39, 0.29) is 0 Å². The van der Waals surface area contributed by atoms with E-state index in [1.807, 2.05) is 6.07 Å². The monoisotopic (exact) mass is 460 g/mol. The molecule has 2 nitrogen and oxygen atoms in total. The van der Waals surface area contributed by atoms with E-state index in [1.165, 1.54) is 22.4 Å². The van der Waals surface area contributed by atoms with Gasteiger partial charge in [-0.1, -0.05) is 92.2 Å². The van der Waals surface area contributed by atoms with E-state index in [0.29, 0.717) is 0 Å². The minimum atomic E-state index is 0.882. The Morgan fingerprint density at radius 3 is 2.11 bits per heavy atom. The van der Waals surface area contributed by atoms with Crippen LogP contribution in [0.15, 0.2) is 132 Å². The van der Waals surface area contributed by atoms with Crippen molar-refractivity contribution in [2.45, 2.75) is 26.2 Å². The van der Waals surface area contributed by atoms with Gasteiger partial charge >= 0.3 is 0 Å². The maximum absolute atomic E-state index is 6.52. The molecule has 2 aromatic rings. The standard InChI is InChI=1S/C33H34NO/c1-4-5-14-28(19-12-13-26-20-22-31(23-21-26)34(2)3)32-24-30(27-15-8-6-9-16-27)25-33(35-32)29-17-10-7-11-18-29/h6-13,15-25H,4-5,14H2,1-3H3/q+1. The molecule has 1 aliphatic carbocycles. The van der Waals surface area contributed by atoms with Crippen molar-refractivity contribution in [3.63, 3.8) is 0 Å². The van der Waals surface area contributed by atoms with Gasteiger partial charge in [0.05, 0.1) is 0 Å². The van der Waals surface area contributed by atoms with E-state index in [1.54, 1.807) is 0 Å². The lowest BCUT2D eigenvalue weighted by molar-refractivity contribution is -0.462. The summed E-state index contributed by atoms with van der Waals surface area (Å²) in [6.07, 6.45) is 22.6. The number of benzene rings is 2. The minimum absolute atomic E-state index is 0.882. The molecule has 0 saturated heterocycles. The van der Waals surface area contributed by atoms with Crippen LogP contribution in [0, 0.1) is 0 Å². The van der Waals surface area contributed by atoms with Gasteiger partial charge < -0.3 is 4.74 Å². The molecular formula is C33H34NO+. The van der Waals surface area contributed by atoms with Gasteiger partial charge in [-0.3, -0.25) is 0 Å². The van der Waals surface area contributed by atoms with Crippen LogP contribution in [0.3, 0.4) is 0 Å². The second kappa shape index (κ2) is 12.0. The summed E-state index contributed by atoms with van der Waals surface area (Å²) in [7, 11) is 4.12. The maximum Gasteiger partial charge on any atom is 0.199 e. The van der Waals surface area contributed by atoms with Gasteiger partial charge in [0.1, 0.15) is 25.6 Å². The molecule has 0 bridgehead atoms. The largest absolute Gasteiger partial charge is 0.456 e. The van der Waals surface area contributed by atoms with Gasteiger partial charge in [0.2, 0.25) is 0 Å². The van der Waals surface area contributed by atoms with Crippen LogP contribution in [0.25, 0.3) is 11.3 Å². The highest BCUT2D eigenvalue weighted by Crippen LogP contribution is 2.34. The van der Waals surface area contributed by atoms with Gasteiger partial charge in [0, 0.05) is 17.7 Å². The lowest BCUT2D eigenvalue weighted by atomic mass is 9.98. The quantitative estimate of drug-likeness (QED) is 0.382. The highest BCUT2D eigenvalue weighted by atomic mass is 16.5. The Bertz CT molecular complexity index is 1260. The van der Waals surface area contributed by atoms with Crippen molar-refractivity contribution in [1.29, 1.82) is 0 Å². The molecule has 2 heteroatoms. The molecule has 0 unspecified atom stereocenters. The van der Waals surface area contributed by atoms with E-state index in [0.717, 1.165) is 41.9 Å². The molecule has 0 radical (unpaired) electrons. The Hall–Kier alpha value is -3.91. The third-order valence-corrected chi connectivity index (χ3v) is 6.07. The number of allylic oxidation sites excluding steroid dienone is 12. The van der Waals surface area contributed by atoms with Crippen LogP contribution in [0.4, 0.5) is 0 Å². The molecule has 0 aromatic heterocycles. The molecule has 1 heterocycles. The van der Waals surface area contributed by atoms with Crippen molar-refractivity contribution in [3.8, 4) is 0 Å². The molecule has 0 N–H and O–H groups in total. The summed E-state index contributed by atoms with van der Waals surface area (Å²) in [5, 5.41) is 0. The van der Waals surface area contributed by atoms with Crippen LogP contribution in [0.5, 0.6) is 0 Å². The fourth-order valence-electron chi connectivity index (χ4n) is 4.02. The number of ether oxygens (including phenoxy) is 1. The van der Waals surface area contributed by atoms with Crippen molar-refractivity contribution in [3.05, 3.63) is 143 Å². The number of hydrogen-bond donors (Lipinski definition) is 0. The number of hydrogen-bond acceptors (Lipinski definition) is 1. The Balaban J connectivity index is 1.70. The van der Waals surface area contributed by atoms with Crippen molar-refractivity contribution in [2.24, 2.45) is 0 Å². The van der Waals surface area contributed by atoms with E-state index in [9.17, 15) is 0 Å². The molecule has 0 fully saturated rings. The first kappa shape index (κ1) is 24.2. The van der Waals surface area contributed by atoms with Gasteiger partial charge in [-0.25, -0.2) is 4.58 Å². The average Bonchev–Trinajstić information content (AvgIpc) is 2.91. The van der Waals surface area contributed by atoms with Gasteiger partial charge in [0.15, 0.2) is 5.71 Å². The molecule has 0 saturated carbocycles. The van der Waals surface area contributed by atoms with Crippen molar-refractivity contribution in [1.82, 2.24) is 0 Å². The number of unbranched alkanes of at least 4 members (excludes halogenated alkanes) is 1. The van der Waals surface area contributed by atoms with Crippen LogP contribution in [-0.2, 0) is 4.74 Å². The summed E-state index contributed by atoms with van der Waals surface area (Å²) in [5.41, 5.74) is 7.03. The summed E-state index contributed by atoms with van der Waals surface area (Å²) in [5.74, 6) is 1.80. The topological polar surface area (TPSA) is 12.2 Å². The summed E-state index contributed by atoms with van der Waals surface area (Å²) >= 11 is 0. The molecule has 35 heavy (non-hydrogen) atoms. The van der Waals surface area contributed by atoms with Crippen molar-refractivity contribution < 1.29 is 9.31 Å². The second-order valence-corrected chi connectivity index (χ2v) is 8.95. The second-order valence-electron chi connectivity index (χ2n) is 8.95. The van der Waals surface area contributed by atoms with Gasteiger partial charge in [-0.05, 0) is 59.4 Å². The molecule has 2 aliphatic rings. The zero-order valence-corrected chi connectivity index (χ0v) is 20.9. The number of rotatable bonds is 7. The van der Waals surface area contributed by atoms with Crippen LogP contribution in [-0.4, -0.2) is 24.4 Å². The molecule has 1 aliphatic heterocycles. The van der Waals surface area contributed by atoms with Crippen molar-refractivity contribution >= 4 is 17.0 Å². The molecule has 0 amide bonds. The van der Waals surface area contributed by atoms with Crippen LogP contribution >= 0.6 is 0 Å². The summed E-state index contributed by atoms with van der Waals surface area (Å²) < 4.78 is 8.63. The van der Waals surface area contributed by atoms with E-state index >= 15 is 0 Å². The molecule has 0 spiro atoms. The fraction of sp³-hybridized carbons (Fsp3) is 0.182. The Kier molecular flexibility index (Phi) is 8.30. The molecule has 0 atom stereocenters. The predicted molar refractivity (Wildman–Crippen MR) is 149 cm³/mol. The van der Waals surface area contributed by atoms with Crippen LogP contribution < -0.4 is 0 Å². The normalized spacial score (nSPS) is 16.7. The fourth-order valence-corrected chi connectivity index (χ4v) is 4.02. The SMILES string of the molecule is CCCCC(C=CC=C1C=CC(=[N+](C)C)C=C1)=C1C=C(c2ccccc2)C=C(c2ccccc2)O1. The Labute approximate surface area is 210 Å². The third kappa shape index (κ3) is 6.58. The van der Waals surface area contributed by atoms with Gasteiger partial charge in [0.25, 0.3) is 0 Å². The van der Waals surface area contributed by atoms with E-state index in [4.69, 9.17) is 4.74 Å². The third-order valence-electron chi connectivity index (χ3n) is 6.07. The summed E-state index contributed by atoms with van der Waals surface area (Å²) in [6.45, 7) is 2.23. The zero-order valence-electron chi connectivity index (χ0n) is 20.9. The highest BCUT2D eigenvalue weighted by Gasteiger charge is 2.16. The Morgan fingerprint density at radius 1 is 0.829 bits per heavy atom. The first-order valence-corrected chi connectivity index (χ1v) is 12.4. The lowest BCUT2D eigenvalue weighted by Gasteiger charge is -2.20. The van der Waals surface area contributed by atoms with Crippen molar-refractivity contribution in [2.75, 3.05) is 14.1 Å². The lowest BCUT2D eigenvalue weighted by Crippen LogP contribution is -2.09. The van der Waals surface area contributed by atoms with E-state index < -0.39 is 0 Å². The Morgan fingerprint density at radius 2 is 1.49 bits per heavy atom. The smallest absolute Gasteiger partial charge is 0.199 e. The molecule has 176 valence electrons. The predicted octanol–water partition coefficient (Wildman–Crippen LogP) is 7.91. The van der Waals surface area contributed by atoms with E-state index in [2.05, 4.69) is 135 Å². The molecule has 4 rings (SSSR count). The number of nitrogens with zero attached hydrogens (tertiary/aromatic N) is 1. The van der Waals surface area contributed by atoms with Gasteiger partial charge in [-0.2, -0.15) is 0 Å². The first-order valence-electron chi connectivity index (χ1n) is 12.4. The first-order chi connectivity index (χ1) is 17.1. The minimum Gasteiger partial charge on any atom is -0.456 e. The highest BCUT2D eigenvalue weighted by molar-refractivity contribution is 6.02. The maximum atomic E-state index is 6.52. The van der Waals surface area contributed by atoms with Crippen LogP contribution in [0.2, 0.25) is 0 Å².